The van der Waals surface area contributed by atoms with Gasteiger partial charge in [0.2, 0.25) is 5.43 Å². The van der Waals surface area contributed by atoms with E-state index in [4.69, 9.17) is 38.0 Å². The highest BCUT2D eigenvalue weighted by Gasteiger charge is 2.54. The number of carbonyl (C=O) groups is 3. The van der Waals surface area contributed by atoms with Crippen LogP contribution in [-0.4, -0.2) is 198 Å². The van der Waals surface area contributed by atoms with Gasteiger partial charge in [-0.2, -0.15) is 0 Å². The van der Waals surface area contributed by atoms with Crippen molar-refractivity contribution in [2.24, 2.45) is 28.8 Å². The average Bonchev–Trinajstić information content (AvgIpc) is 3.60. The number of cyclic esters (lactones) is 1. The molecule has 0 spiro atoms. The molecule has 19 atom stereocenters. The molecule has 3 fully saturated rings. The first-order valence-corrected chi connectivity index (χ1v) is 29.9. The van der Waals surface area contributed by atoms with Gasteiger partial charge in [0.05, 0.1) is 70.3 Å². The standard InChI is InChI=1S/C57H90N4O19S/c1-16-41-57(11,70)49(65)32(5)44(59-74-15)29(2)26-55(9,69)50(80-54-47(64)40(60(12)13)23-31(4)75-54)33(6)48(34(7)53(68)77-41)79-43-27-56(10,73-14)51(35(8)76-43)78-42(62)19-20-58-21-22-81(71,72)37-24-36-18-17-30(3)61-28-39(52(66)67)46(63)38(25-37)45(36)61/h24-25,28-35,40-41,43,47-51,54,58,64-65,69-70H,16-23,26-27H2,1-15H3,(H,66,67)/b59-44+/t29-,30?,31+,32+,33+,34-,35+,40-,41-,43+,47+,48+,49-,50-,51+,54-,55-,56-,57-/m1/s1. The summed E-state index contributed by atoms with van der Waals surface area (Å²) >= 11 is 0. The molecule has 4 aliphatic heterocycles. The SMILES string of the molecule is CC[C@H]1OC(=O)[C@H](C)[C@@H](O[C@H]2C[C@@](C)(OC)[C@@H](OC(=O)CCNCCS(=O)(=O)c3cc4c5c(c3)c(=O)c(C(=O)O)cn5C(C)CC4)[C@H](C)O2)[C@H](C)[C@@H](O[C@H]2O[C@@H](C)C[C@@H](N(C)C)[C@@H]2O)[C@](C)(O)C[C@@H](C)/C(=N\OC)[C@H](C)[C@@H](O)[C@]1(C)O. The highest BCUT2D eigenvalue weighted by molar-refractivity contribution is 7.91. The van der Waals surface area contributed by atoms with E-state index in [9.17, 15) is 53.1 Å². The molecule has 0 saturated carbocycles. The number of esters is 2. The van der Waals surface area contributed by atoms with Crippen LogP contribution in [0, 0.1) is 23.7 Å². The monoisotopic (exact) mass is 1170 g/mol. The molecule has 1 aromatic carbocycles. The van der Waals surface area contributed by atoms with E-state index in [1.807, 2.05) is 32.8 Å². The Labute approximate surface area is 475 Å². The Bertz CT molecular complexity index is 2750. The minimum absolute atomic E-state index is 0.0276. The molecule has 81 heavy (non-hydrogen) atoms. The Kier molecular flexibility index (Phi) is 21.5. The first-order valence-electron chi connectivity index (χ1n) is 28.3. The number of aryl methyl sites for hydroxylation is 1. The maximum atomic E-state index is 14.6. The smallest absolute Gasteiger partial charge is 0.341 e. The summed E-state index contributed by atoms with van der Waals surface area (Å²) in [6.07, 6.45) is -8.27. The number of ether oxygens (including phenoxy) is 7. The number of carboxylic acids is 1. The zero-order valence-electron chi connectivity index (χ0n) is 49.7. The lowest BCUT2D eigenvalue weighted by Gasteiger charge is -2.49. The Morgan fingerprint density at radius 1 is 0.938 bits per heavy atom. The van der Waals surface area contributed by atoms with E-state index >= 15 is 0 Å². The fourth-order valence-corrected chi connectivity index (χ4v) is 13.9. The lowest BCUT2D eigenvalue weighted by Crippen LogP contribution is -2.61. The summed E-state index contributed by atoms with van der Waals surface area (Å²) < 4.78 is 73.7. The van der Waals surface area contributed by atoms with Crippen LogP contribution in [0.1, 0.15) is 137 Å². The van der Waals surface area contributed by atoms with Gasteiger partial charge in [0.1, 0.15) is 36.1 Å². The molecule has 6 rings (SSSR count). The van der Waals surface area contributed by atoms with Crippen LogP contribution in [0.4, 0.5) is 0 Å². The van der Waals surface area contributed by atoms with Crippen molar-refractivity contribution in [3.8, 4) is 0 Å². The van der Waals surface area contributed by atoms with E-state index in [1.54, 1.807) is 66.0 Å². The number of aliphatic hydroxyl groups excluding tert-OH is 2. The second-order valence-electron chi connectivity index (χ2n) is 24.0. The molecule has 23 nitrogen and oxygen atoms in total. The van der Waals surface area contributed by atoms with Crippen LogP contribution in [0.25, 0.3) is 10.9 Å². The van der Waals surface area contributed by atoms with Gasteiger partial charge in [0.25, 0.3) is 0 Å². The van der Waals surface area contributed by atoms with Crippen LogP contribution in [0.5, 0.6) is 0 Å². The zero-order valence-corrected chi connectivity index (χ0v) is 50.6. The Morgan fingerprint density at radius 3 is 2.23 bits per heavy atom. The topological polar surface area (TPSA) is 310 Å². The molecule has 24 heteroatoms. The first kappa shape index (κ1) is 66.0. The molecule has 458 valence electrons. The minimum Gasteiger partial charge on any atom is -0.477 e. The van der Waals surface area contributed by atoms with E-state index in [2.05, 4.69) is 10.5 Å². The third-order valence-corrected chi connectivity index (χ3v) is 19.1. The molecule has 0 radical (unpaired) electrons. The predicted octanol–water partition coefficient (Wildman–Crippen LogP) is 3.74. The number of nitrogens with one attached hydrogen (secondary N) is 1. The van der Waals surface area contributed by atoms with Crippen molar-refractivity contribution in [2.75, 3.05) is 47.2 Å². The van der Waals surface area contributed by atoms with Gasteiger partial charge < -0.3 is 78.3 Å². The molecule has 0 aliphatic carbocycles. The molecule has 1 unspecified atom stereocenters. The van der Waals surface area contributed by atoms with E-state index in [0.717, 1.165) is 0 Å². The number of nitrogens with zero attached hydrogens (tertiary/aromatic N) is 3. The van der Waals surface area contributed by atoms with E-state index in [-0.39, 0.29) is 73.0 Å². The van der Waals surface area contributed by atoms with Crippen molar-refractivity contribution >= 4 is 44.4 Å². The Balaban J connectivity index is 1.21. The highest BCUT2D eigenvalue weighted by Crippen LogP contribution is 2.42. The number of hydrogen-bond donors (Lipinski definition) is 6. The molecule has 1 aromatic heterocycles. The van der Waals surface area contributed by atoms with Gasteiger partial charge >= 0.3 is 17.9 Å². The van der Waals surface area contributed by atoms with Crippen LogP contribution in [0.2, 0.25) is 0 Å². The second-order valence-corrected chi connectivity index (χ2v) is 26.1. The van der Waals surface area contributed by atoms with E-state index in [1.165, 1.54) is 33.4 Å². The quantitative estimate of drug-likeness (QED) is 0.0746. The fourth-order valence-electron chi connectivity index (χ4n) is 12.7. The van der Waals surface area contributed by atoms with Gasteiger partial charge in [-0.15, -0.1) is 0 Å². The normalized spacial score (nSPS) is 37.9. The summed E-state index contributed by atoms with van der Waals surface area (Å²) in [5.41, 5.74) is -4.81. The number of oxime groups is 1. The third-order valence-electron chi connectivity index (χ3n) is 17.4. The van der Waals surface area contributed by atoms with E-state index in [0.29, 0.717) is 36.1 Å². The Morgan fingerprint density at radius 2 is 1.62 bits per heavy atom. The number of carbonyl (C=O) groups excluding carboxylic acids is 2. The predicted molar refractivity (Wildman–Crippen MR) is 297 cm³/mol. The maximum absolute atomic E-state index is 14.6. The summed E-state index contributed by atoms with van der Waals surface area (Å²) in [5, 5.41) is 65.6. The molecular formula is C57H90N4O19S. The fraction of sp³-hybridized carbons (Fsp3) is 0.772. The number of hydrogen-bond acceptors (Lipinski definition) is 21. The van der Waals surface area contributed by atoms with Crippen molar-refractivity contribution in [1.82, 2.24) is 14.8 Å². The zero-order chi connectivity index (χ0) is 60.4. The van der Waals surface area contributed by atoms with Crippen molar-refractivity contribution in [3.05, 3.63) is 39.7 Å². The minimum atomic E-state index is -3.98. The molecular weight excluding hydrogens is 1080 g/mol. The lowest BCUT2D eigenvalue weighted by molar-refractivity contribution is -0.318. The number of benzene rings is 1. The van der Waals surface area contributed by atoms with Crippen LogP contribution in [-0.2, 0) is 63.8 Å². The number of rotatable bonds is 17. The summed E-state index contributed by atoms with van der Waals surface area (Å²) in [6, 6.07) is 2.31. The maximum Gasteiger partial charge on any atom is 0.341 e. The summed E-state index contributed by atoms with van der Waals surface area (Å²) in [4.78, 5) is 60.5. The van der Waals surface area contributed by atoms with Gasteiger partial charge in [-0.05, 0) is 112 Å². The summed E-state index contributed by atoms with van der Waals surface area (Å²) in [7, 11) is 2.49. The highest BCUT2D eigenvalue weighted by atomic mass is 32.2. The van der Waals surface area contributed by atoms with Crippen LogP contribution < -0.4 is 10.7 Å². The average molecular weight is 1170 g/mol. The molecule has 2 aromatic rings. The van der Waals surface area contributed by atoms with Crippen molar-refractivity contribution in [1.29, 1.82) is 0 Å². The summed E-state index contributed by atoms with van der Waals surface area (Å²) in [5.74, 6) is -6.83. The van der Waals surface area contributed by atoms with Gasteiger partial charge in [-0.1, -0.05) is 32.9 Å². The first-order chi connectivity index (χ1) is 37.7. The number of aliphatic hydroxyl groups is 4. The number of carboxylic acid groups (broad SMARTS) is 1. The molecule has 6 N–H and O–H groups in total. The largest absolute Gasteiger partial charge is 0.477 e. The molecule has 4 aliphatic rings. The number of aromatic carboxylic acids is 1. The van der Waals surface area contributed by atoms with Gasteiger partial charge in [-0.3, -0.25) is 14.4 Å². The number of pyridine rings is 1. The lowest BCUT2D eigenvalue weighted by atomic mass is 9.73. The van der Waals surface area contributed by atoms with Crippen LogP contribution in [0.3, 0.4) is 0 Å². The van der Waals surface area contributed by atoms with Crippen molar-refractivity contribution in [3.63, 3.8) is 0 Å². The molecule has 3 saturated heterocycles. The molecule has 0 amide bonds. The van der Waals surface area contributed by atoms with E-state index < -0.39 is 135 Å². The third kappa shape index (κ3) is 14.3. The summed E-state index contributed by atoms with van der Waals surface area (Å²) in [6.45, 7) is 18.6. The van der Waals surface area contributed by atoms with Gasteiger partial charge in [0.15, 0.2) is 28.5 Å². The van der Waals surface area contributed by atoms with Crippen LogP contribution in [0.15, 0.2) is 33.2 Å². The van der Waals surface area contributed by atoms with Crippen LogP contribution >= 0.6 is 0 Å². The van der Waals surface area contributed by atoms with Crippen molar-refractivity contribution < 1.29 is 86.3 Å². The molecule has 5 heterocycles. The number of sulfone groups is 1. The van der Waals surface area contributed by atoms with Gasteiger partial charge in [-0.25, -0.2) is 13.2 Å². The number of methoxy groups -OCH3 is 1. The Hall–Kier alpha value is -4.18. The number of likely N-dealkylation sites (N-methyl/N-ethyl adjacent to an activating group) is 1. The van der Waals surface area contributed by atoms with Crippen molar-refractivity contribution in [2.45, 2.75) is 216 Å². The number of aromatic nitrogens is 1. The van der Waals surface area contributed by atoms with Gasteiger partial charge in [0, 0.05) is 68.0 Å². The second kappa shape index (κ2) is 26.4. The molecule has 0 bridgehead atoms.